The van der Waals surface area contributed by atoms with Crippen molar-refractivity contribution in [1.29, 1.82) is 0 Å². The lowest BCUT2D eigenvalue weighted by atomic mass is 9.82. The number of rotatable bonds is 8. The topological polar surface area (TPSA) is 77.9 Å². The molecule has 6 nitrogen and oxygen atoms in total. The number of carbonyl (C=O) groups is 1. The Labute approximate surface area is 212 Å². The molecule has 0 amide bonds. The van der Waals surface area contributed by atoms with Gasteiger partial charge in [-0.05, 0) is 89.1 Å². The first-order valence-electron chi connectivity index (χ1n) is 12.6. The van der Waals surface area contributed by atoms with Gasteiger partial charge in [0.1, 0.15) is 11.9 Å². The molecule has 2 aliphatic rings. The van der Waals surface area contributed by atoms with E-state index in [-0.39, 0.29) is 30.5 Å². The lowest BCUT2D eigenvalue weighted by Crippen LogP contribution is -2.23. The van der Waals surface area contributed by atoms with Crippen LogP contribution in [0.25, 0.3) is 11.1 Å². The number of aliphatic hydroxyl groups is 1. The van der Waals surface area contributed by atoms with Gasteiger partial charge in [0.15, 0.2) is 0 Å². The second kappa shape index (κ2) is 10.3. The van der Waals surface area contributed by atoms with E-state index < -0.39 is 0 Å². The van der Waals surface area contributed by atoms with Crippen LogP contribution in [0.5, 0.6) is 11.6 Å². The lowest BCUT2D eigenvalue weighted by molar-refractivity contribution is -0.145. The van der Waals surface area contributed by atoms with Gasteiger partial charge in [-0.25, -0.2) is 4.98 Å². The highest BCUT2D eigenvalue weighted by Gasteiger charge is 2.39. The average Bonchev–Trinajstić information content (AvgIpc) is 3.77. The molecular formula is C30H33NO5. The number of esters is 1. The van der Waals surface area contributed by atoms with E-state index in [4.69, 9.17) is 14.2 Å². The van der Waals surface area contributed by atoms with Crippen LogP contribution in [0.2, 0.25) is 0 Å². The van der Waals surface area contributed by atoms with Crippen LogP contribution < -0.4 is 9.47 Å². The number of hydrogen-bond donors (Lipinski definition) is 1. The quantitative estimate of drug-likeness (QED) is 0.416. The summed E-state index contributed by atoms with van der Waals surface area (Å²) in [6, 6.07) is 16.4. The molecule has 1 N–H and O–H groups in total. The molecule has 3 atom stereocenters. The monoisotopic (exact) mass is 487 g/mol. The zero-order chi connectivity index (χ0) is 25.2. The number of aryl methyl sites for hydroxylation is 1. The average molecular weight is 488 g/mol. The standard InChI is InChI=1S/C30H33NO5/c1-18(30(33)35-3)29(20-5-6-20)23-7-4-19-9-11-26(36-27(19)15-23)22-8-10-25(24(14-22)17-32)21-12-13-31-28(16-21)34-2/h4,7-8,10,12-16,18,20,26,29,32H,5-6,9,11,17H2,1-3H3/t18-,26?,29-/m0/s1. The Bertz CT molecular complexity index is 1250. The predicted octanol–water partition coefficient (Wildman–Crippen LogP) is 5.62. The van der Waals surface area contributed by atoms with Gasteiger partial charge in [-0.15, -0.1) is 0 Å². The minimum absolute atomic E-state index is 0.0737. The smallest absolute Gasteiger partial charge is 0.309 e. The summed E-state index contributed by atoms with van der Waals surface area (Å²) in [5, 5.41) is 10.1. The molecule has 2 aromatic carbocycles. The fraction of sp³-hybridized carbons (Fsp3) is 0.400. The fourth-order valence-corrected chi connectivity index (χ4v) is 5.50. The van der Waals surface area contributed by atoms with E-state index >= 15 is 0 Å². The van der Waals surface area contributed by atoms with Crippen molar-refractivity contribution in [3.05, 3.63) is 77.0 Å². The third-order valence-electron chi connectivity index (χ3n) is 7.59. The maximum Gasteiger partial charge on any atom is 0.309 e. The number of aliphatic hydroxyl groups excluding tert-OH is 1. The Morgan fingerprint density at radius 3 is 2.67 bits per heavy atom. The molecule has 0 saturated heterocycles. The SMILES string of the molecule is COC(=O)[C@@H](C)[C@H](c1ccc2c(c1)OC(c1ccc(-c3ccnc(OC)c3)c(CO)c1)CC2)C1CC1. The zero-order valence-electron chi connectivity index (χ0n) is 21.1. The van der Waals surface area contributed by atoms with Crippen LogP contribution in [0, 0.1) is 11.8 Å². The molecule has 5 rings (SSSR count). The summed E-state index contributed by atoms with van der Waals surface area (Å²) in [5.74, 6) is 1.74. The number of nitrogens with zero attached hydrogens (tertiary/aromatic N) is 1. The molecule has 0 spiro atoms. The number of aromatic nitrogens is 1. The number of carbonyl (C=O) groups excluding carboxylic acids is 1. The molecule has 0 bridgehead atoms. The van der Waals surface area contributed by atoms with Gasteiger partial charge in [-0.3, -0.25) is 4.79 Å². The summed E-state index contributed by atoms with van der Waals surface area (Å²) >= 11 is 0. The van der Waals surface area contributed by atoms with E-state index in [0.717, 1.165) is 59.3 Å². The van der Waals surface area contributed by atoms with E-state index in [2.05, 4.69) is 29.2 Å². The van der Waals surface area contributed by atoms with Crippen molar-refractivity contribution in [2.45, 2.75) is 51.2 Å². The van der Waals surface area contributed by atoms with E-state index in [1.807, 2.05) is 31.2 Å². The number of benzene rings is 2. The number of pyridine rings is 1. The van der Waals surface area contributed by atoms with Gasteiger partial charge in [0.25, 0.3) is 0 Å². The van der Waals surface area contributed by atoms with Crippen molar-refractivity contribution in [2.75, 3.05) is 14.2 Å². The highest BCUT2D eigenvalue weighted by molar-refractivity contribution is 5.73. The molecule has 3 aromatic rings. The molecular weight excluding hydrogens is 454 g/mol. The number of ether oxygens (including phenoxy) is 3. The Morgan fingerprint density at radius 1 is 1.11 bits per heavy atom. The van der Waals surface area contributed by atoms with Crippen molar-refractivity contribution in [3.63, 3.8) is 0 Å². The molecule has 6 heteroatoms. The van der Waals surface area contributed by atoms with Crippen molar-refractivity contribution < 1.29 is 24.1 Å². The summed E-state index contributed by atoms with van der Waals surface area (Å²) in [6.07, 6.45) is 5.68. The fourth-order valence-electron chi connectivity index (χ4n) is 5.50. The van der Waals surface area contributed by atoms with Gasteiger partial charge in [0.05, 0.1) is 26.7 Å². The molecule has 1 aliphatic carbocycles. The molecule has 36 heavy (non-hydrogen) atoms. The van der Waals surface area contributed by atoms with E-state index in [0.29, 0.717) is 11.8 Å². The maximum atomic E-state index is 12.3. The molecule has 0 radical (unpaired) electrons. The van der Waals surface area contributed by atoms with Crippen LogP contribution in [0.1, 0.15) is 60.5 Å². The second-order valence-corrected chi connectivity index (χ2v) is 9.85. The Balaban J connectivity index is 1.41. The molecule has 1 fully saturated rings. The second-order valence-electron chi connectivity index (χ2n) is 9.85. The van der Waals surface area contributed by atoms with Gasteiger partial charge in [-0.2, -0.15) is 0 Å². The van der Waals surface area contributed by atoms with Crippen molar-refractivity contribution in [1.82, 2.24) is 4.98 Å². The van der Waals surface area contributed by atoms with Crippen LogP contribution in [0.15, 0.2) is 54.7 Å². The lowest BCUT2D eigenvalue weighted by Gasteiger charge is -2.29. The zero-order valence-corrected chi connectivity index (χ0v) is 21.1. The first-order chi connectivity index (χ1) is 17.5. The predicted molar refractivity (Wildman–Crippen MR) is 137 cm³/mol. The highest BCUT2D eigenvalue weighted by atomic mass is 16.5. The number of hydrogen-bond acceptors (Lipinski definition) is 6. The maximum absolute atomic E-state index is 12.3. The first kappa shape index (κ1) is 24.3. The third-order valence-corrected chi connectivity index (χ3v) is 7.59. The van der Waals surface area contributed by atoms with Crippen molar-refractivity contribution in [3.8, 4) is 22.8 Å². The molecule has 1 saturated carbocycles. The van der Waals surface area contributed by atoms with E-state index in [1.165, 1.54) is 12.7 Å². The summed E-state index contributed by atoms with van der Waals surface area (Å²) < 4.78 is 16.8. The summed E-state index contributed by atoms with van der Waals surface area (Å²) in [7, 11) is 3.05. The largest absolute Gasteiger partial charge is 0.485 e. The Hall–Kier alpha value is -3.38. The molecule has 1 aromatic heterocycles. The highest BCUT2D eigenvalue weighted by Crippen LogP contribution is 2.48. The molecule has 2 heterocycles. The van der Waals surface area contributed by atoms with Crippen LogP contribution in [0.3, 0.4) is 0 Å². The van der Waals surface area contributed by atoms with Gasteiger partial charge in [0, 0.05) is 12.3 Å². The van der Waals surface area contributed by atoms with Gasteiger partial charge >= 0.3 is 5.97 Å². The summed E-state index contributed by atoms with van der Waals surface area (Å²) in [6.45, 7) is 1.89. The summed E-state index contributed by atoms with van der Waals surface area (Å²) in [5.41, 5.74) is 6.12. The molecule has 1 aliphatic heterocycles. The van der Waals surface area contributed by atoms with Gasteiger partial charge in [-0.1, -0.05) is 31.2 Å². The van der Waals surface area contributed by atoms with Crippen LogP contribution >= 0.6 is 0 Å². The van der Waals surface area contributed by atoms with Gasteiger partial charge in [0.2, 0.25) is 5.88 Å². The van der Waals surface area contributed by atoms with Crippen LogP contribution in [-0.4, -0.2) is 30.3 Å². The Morgan fingerprint density at radius 2 is 1.94 bits per heavy atom. The number of fused-ring (bicyclic) bond motifs is 1. The summed E-state index contributed by atoms with van der Waals surface area (Å²) in [4.78, 5) is 16.5. The minimum Gasteiger partial charge on any atom is -0.485 e. The van der Waals surface area contributed by atoms with Crippen molar-refractivity contribution in [2.24, 2.45) is 11.8 Å². The molecule has 1 unspecified atom stereocenters. The number of methoxy groups -OCH3 is 2. The third kappa shape index (κ3) is 4.82. The first-order valence-corrected chi connectivity index (χ1v) is 12.6. The Kier molecular flexibility index (Phi) is 6.97. The van der Waals surface area contributed by atoms with Crippen molar-refractivity contribution >= 4 is 5.97 Å². The van der Waals surface area contributed by atoms with Crippen LogP contribution in [-0.2, 0) is 22.6 Å². The van der Waals surface area contributed by atoms with E-state index in [1.54, 1.807) is 13.3 Å². The normalized spacial score (nSPS) is 18.5. The van der Waals surface area contributed by atoms with Gasteiger partial charge < -0.3 is 19.3 Å². The molecule has 188 valence electrons. The van der Waals surface area contributed by atoms with E-state index in [9.17, 15) is 9.90 Å². The van der Waals surface area contributed by atoms with Crippen LogP contribution in [0.4, 0.5) is 0 Å². The minimum atomic E-state index is -0.189.